The molecule has 1 aliphatic heterocycles. The van der Waals surface area contributed by atoms with Crippen LogP contribution < -0.4 is 4.74 Å². The summed E-state index contributed by atoms with van der Waals surface area (Å²) in [5, 5.41) is 1.12. The zero-order valence-corrected chi connectivity index (χ0v) is 15.6. The van der Waals surface area contributed by atoms with Crippen LogP contribution in [0.5, 0.6) is 5.75 Å². The number of para-hydroxylation sites is 1. The van der Waals surface area contributed by atoms with E-state index in [1.54, 1.807) is 0 Å². The molecular weight excluding hydrogens is 320 g/mol. The largest absolute Gasteiger partial charge is 0.490 e. The fourth-order valence-electron chi connectivity index (χ4n) is 3.90. The third-order valence-electron chi connectivity index (χ3n) is 5.53. The highest BCUT2D eigenvalue weighted by Crippen LogP contribution is 2.30. The van der Waals surface area contributed by atoms with Crippen LogP contribution in [0.15, 0.2) is 60.8 Å². The van der Waals surface area contributed by atoms with Gasteiger partial charge in [0, 0.05) is 30.7 Å². The van der Waals surface area contributed by atoms with E-state index in [1.807, 2.05) is 12.3 Å². The van der Waals surface area contributed by atoms with Crippen molar-refractivity contribution < 1.29 is 4.74 Å². The number of nitrogens with zero attached hydrogens (tertiary/aromatic N) is 2. The van der Waals surface area contributed by atoms with E-state index in [0.29, 0.717) is 6.04 Å². The minimum Gasteiger partial charge on any atom is -0.490 e. The topological polar surface area (TPSA) is 25.4 Å². The van der Waals surface area contributed by atoms with E-state index >= 15 is 0 Å². The molecule has 0 bridgehead atoms. The Morgan fingerprint density at radius 3 is 2.54 bits per heavy atom. The molecular formula is C23H26N2O. The third kappa shape index (κ3) is 3.45. The van der Waals surface area contributed by atoms with Gasteiger partial charge in [-0.2, -0.15) is 0 Å². The Morgan fingerprint density at radius 2 is 1.77 bits per heavy atom. The van der Waals surface area contributed by atoms with E-state index in [9.17, 15) is 0 Å². The molecule has 1 atom stereocenters. The third-order valence-corrected chi connectivity index (χ3v) is 5.53. The van der Waals surface area contributed by atoms with Crippen molar-refractivity contribution >= 4 is 10.9 Å². The minimum absolute atomic E-state index is 0.278. The number of aromatic nitrogens is 1. The molecule has 0 radical (unpaired) electrons. The number of aryl methyl sites for hydroxylation is 1. The summed E-state index contributed by atoms with van der Waals surface area (Å²) < 4.78 is 6.39. The standard InChI is InChI=1S/C23H26N2O/c1-17-7-6-10-21-22(11-14-24-23(17)21)26-20-12-15-25(16-13-20)18(2)19-8-4-3-5-9-19/h3-11,14,18,20H,12-13,15-16H2,1-2H3. The summed E-state index contributed by atoms with van der Waals surface area (Å²) >= 11 is 0. The maximum atomic E-state index is 6.39. The Labute approximate surface area is 155 Å². The molecule has 1 saturated heterocycles. The highest BCUT2D eigenvalue weighted by Gasteiger charge is 2.25. The highest BCUT2D eigenvalue weighted by atomic mass is 16.5. The van der Waals surface area contributed by atoms with Crippen molar-refractivity contribution in [1.29, 1.82) is 0 Å². The Bertz CT molecular complexity index is 870. The van der Waals surface area contributed by atoms with Crippen LogP contribution in [0.1, 0.15) is 36.9 Å². The molecule has 134 valence electrons. The molecule has 2 heterocycles. The van der Waals surface area contributed by atoms with E-state index in [1.165, 1.54) is 11.1 Å². The van der Waals surface area contributed by atoms with Crippen molar-refractivity contribution in [1.82, 2.24) is 9.88 Å². The highest BCUT2D eigenvalue weighted by molar-refractivity contribution is 5.87. The van der Waals surface area contributed by atoms with Crippen LogP contribution in [0.4, 0.5) is 0 Å². The van der Waals surface area contributed by atoms with E-state index in [-0.39, 0.29) is 6.10 Å². The first-order valence-electron chi connectivity index (χ1n) is 9.52. The molecule has 3 aromatic rings. The van der Waals surface area contributed by atoms with Crippen LogP contribution in [0.3, 0.4) is 0 Å². The Morgan fingerprint density at radius 1 is 1.00 bits per heavy atom. The van der Waals surface area contributed by atoms with Gasteiger partial charge in [0.2, 0.25) is 0 Å². The molecule has 0 N–H and O–H groups in total. The Kier molecular flexibility index (Phi) is 4.89. The van der Waals surface area contributed by atoms with Crippen molar-refractivity contribution in [2.75, 3.05) is 13.1 Å². The minimum atomic E-state index is 0.278. The molecule has 1 fully saturated rings. The second kappa shape index (κ2) is 7.46. The zero-order valence-electron chi connectivity index (χ0n) is 15.6. The second-order valence-corrected chi connectivity index (χ2v) is 7.22. The van der Waals surface area contributed by atoms with Crippen LogP contribution >= 0.6 is 0 Å². The number of ether oxygens (including phenoxy) is 1. The molecule has 26 heavy (non-hydrogen) atoms. The predicted molar refractivity (Wildman–Crippen MR) is 107 cm³/mol. The zero-order chi connectivity index (χ0) is 17.9. The lowest BCUT2D eigenvalue weighted by atomic mass is 10.0. The second-order valence-electron chi connectivity index (χ2n) is 7.22. The number of hydrogen-bond donors (Lipinski definition) is 0. The van der Waals surface area contributed by atoms with E-state index in [2.05, 4.69) is 72.3 Å². The molecule has 0 amide bonds. The van der Waals surface area contributed by atoms with Gasteiger partial charge in [-0.05, 0) is 49.9 Å². The fraction of sp³-hybridized carbons (Fsp3) is 0.348. The smallest absolute Gasteiger partial charge is 0.130 e. The van der Waals surface area contributed by atoms with Gasteiger partial charge in [0.25, 0.3) is 0 Å². The number of likely N-dealkylation sites (tertiary alicyclic amines) is 1. The average molecular weight is 346 g/mol. The SMILES string of the molecule is Cc1cccc2c(OC3CCN(C(C)c4ccccc4)CC3)ccnc12. The summed E-state index contributed by atoms with van der Waals surface area (Å²) in [5.41, 5.74) is 3.63. The van der Waals surface area contributed by atoms with Crippen molar-refractivity contribution in [2.45, 2.75) is 38.8 Å². The molecule has 4 rings (SSSR count). The summed E-state index contributed by atoms with van der Waals surface area (Å²) in [6.07, 6.45) is 4.26. The van der Waals surface area contributed by atoms with E-state index < -0.39 is 0 Å². The van der Waals surface area contributed by atoms with E-state index in [4.69, 9.17) is 4.74 Å². The Balaban J connectivity index is 1.42. The number of hydrogen-bond acceptors (Lipinski definition) is 3. The lowest BCUT2D eigenvalue weighted by Gasteiger charge is -2.36. The lowest BCUT2D eigenvalue weighted by molar-refractivity contribution is 0.0806. The molecule has 0 aliphatic carbocycles. The van der Waals surface area contributed by atoms with Gasteiger partial charge in [-0.15, -0.1) is 0 Å². The van der Waals surface area contributed by atoms with Crippen molar-refractivity contribution in [3.05, 3.63) is 71.9 Å². The molecule has 0 spiro atoms. The van der Waals surface area contributed by atoms with Gasteiger partial charge in [0.05, 0.1) is 5.52 Å². The monoisotopic (exact) mass is 346 g/mol. The fourth-order valence-corrected chi connectivity index (χ4v) is 3.90. The lowest BCUT2D eigenvalue weighted by Crippen LogP contribution is -2.39. The van der Waals surface area contributed by atoms with Gasteiger partial charge >= 0.3 is 0 Å². The first kappa shape index (κ1) is 17.0. The van der Waals surface area contributed by atoms with Gasteiger partial charge in [0.15, 0.2) is 0 Å². The summed E-state index contributed by atoms with van der Waals surface area (Å²) in [4.78, 5) is 7.07. The molecule has 2 aromatic carbocycles. The average Bonchev–Trinajstić information content (AvgIpc) is 2.69. The molecule has 3 heteroatoms. The number of pyridine rings is 1. The van der Waals surface area contributed by atoms with Crippen LogP contribution in [0.25, 0.3) is 10.9 Å². The van der Waals surface area contributed by atoms with Crippen LogP contribution in [-0.4, -0.2) is 29.1 Å². The number of rotatable bonds is 4. The summed E-state index contributed by atoms with van der Waals surface area (Å²) in [6, 6.07) is 19.5. The van der Waals surface area contributed by atoms with E-state index in [0.717, 1.165) is 42.6 Å². The molecule has 1 aliphatic rings. The van der Waals surface area contributed by atoms with Gasteiger partial charge < -0.3 is 4.74 Å². The molecule has 3 nitrogen and oxygen atoms in total. The van der Waals surface area contributed by atoms with Crippen LogP contribution in [-0.2, 0) is 0 Å². The normalized spacial score (nSPS) is 17.3. The van der Waals surface area contributed by atoms with Gasteiger partial charge in [-0.1, -0.05) is 42.5 Å². The van der Waals surface area contributed by atoms with Crippen LogP contribution in [0.2, 0.25) is 0 Å². The summed E-state index contributed by atoms with van der Waals surface area (Å²) in [6.45, 7) is 6.55. The van der Waals surface area contributed by atoms with Gasteiger partial charge in [0.1, 0.15) is 11.9 Å². The predicted octanol–water partition coefficient (Wildman–Crippen LogP) is 5.15. The maximum Gasteiger partial charge on any atom is 0.130 e. The van der Waals surface area contributed by atoms with Gasteiger partial charge in [-0.3, -0.25) is 9.88 Å². The van der Waals surface area contributed by atoms with Crippen molar-refractivity contribution in [3.8, 4) is 5.75 Å². The Hall–Kier alpha value is -2.39. The maximum absolute atomic E-state index is 6.39. The molecule has 0 saturated carbocycles. The quantitative estimate of drug-likeness (QED) is 0.653. The van der Waals surface area contributed by atoms with Gasteiger partial charge in [-0.25, -0.2) is 0 Å². The first-order chi connectivity index (χ1) is 12.7. The summed E-state index contributed by atoms with van der Waals surface area (Å²) in [7, 11) is 0. The summed E-state index contributed by atoms with van der Waals surface area (Å²) in [5.74, 6) is 0.966. The van der Waals surface area contributed by atoms with Crippen molar-refractivity contribution in [3.63, 3.8) is 0 Å². The molecule has 1 unspecified atom stereocenters. The number of benzene rings is 2. The molecule has 1 aromatic heterocycles. The van der Waals surface area contributed by atoms with Crippen molar-refractivity contribution in [2.24, 2.45) is 0 Å². The number of piperidine rings is 1. The van der Waals surface area contributed by atoms with Crippen LogP contribution in [0, 0.1) is 6.92 Å². The first-order valence-corrected chi connectivity index (χ1v) is 9.52. The number of fused-ring (bicyclic) bond motifs is 1.